The van der Waals surface area contributed by atoms with Crippen molar-refractivity contribution >= 4 is 10.0 Å². The highest BCUT2D eigenvalue weighted by atomic mass is 32.2. The van der Waals surface area contributed by atoms with Crippen LogP contribution in [-0.4, -0.2) is 46.1 Å². The lowest BCUT2D eigenvalue weighted by molar-refractivity contribution is 0.0298. The molecule has 0 aromatic heterocycles. The van der Waals surface area contributed by atoms with Crippen LogP contribution in [0.2, 0.25) is 0 Å². The fourth-order valence-corrected chi connectivity index (χ4v) is 5.64. The van der Waals surface area contributed by atoms with Crippen molar-refractivity contribution < 1.29 is 17.9 Å². The first-order valence-electron chi connectivity index (χ1n) is 8.27. The summed E-state index contributed by atoms with van der Waals surface area (Å²) in [4.78, 5) is 0. The van der Waals surface area contributed by atoms with E-state index in [0.717, 1.165) is 18.9 Å². The van der Waals surface area contributed by atoms with Gasteiger partial charge in [0.2, 0.25) is 10.0 Å². The zero-order chi connectivity index (χ0) is 14.5. The molecule has 21 heavy (non-hydrogen) atoms. The molecule has 0 spiro atoms. The third-order valence-electron chi connectivity index (χ3n) is 5.91. The number of sulfonamides is 1. The van der Waals surface area contributed by atoms with Gasteiger partial charge in [0.25, 0.3) is 0 Å². The van der Waals surface area contributed by atoms with E-state index < -0.39 is 10.0 Å². The minimum atomic E-state index is -3.23. The highest BCUT2D eigenvalue weighted by Crippen LogP contribution is 2.56. The molecule has 5 nitrogen and oxygen atoms in total. The molecular weight excluding hydrogens is 290 g/mol. The first-order valence-corrected chi connectivity index (χ1v) is 9.92. The van der Waals surface area contributed by atoms with E-state index in [9.17, 15) is 8.42 Å². The first kappa shape index (κ1) is 14.4. The standard InChI is InChI=1S/C15H25NO4S/c17-21(18,9-13-6-11-7-19-8-14(11)20-13)16-10-15(4-1-5-15)12-2-3-12/h11-14,16H,1-10H2/t11-,13?,14+/m1/s1. The molecule has 4 aliphatic rings. The van der Waals surface area contributed by atoms with Gasteiger partial charge in [0.05, 0.1) is 31.2 Å². The van der Waals surface area contributed by atoms with Crippen LogP contribution in [0.25, 0.3) is 0 Å². The van der Waals surface area contributed by atoms with E-state index in [1.807, 2.05) is 0 Å². The van der Waals surface area contributed by atoms with Crippen LogP contribution in [0.1, 0.15) is 38.5 Å². The predicted octanol–water partition coefficient (Wildman–Crippen LogP) is 1.29. The van der Waals surface area contributed by atoms with E-state index in [4.69, 9.17) is 9.47 Å². The summed E-state index contributed by atoms with van der Waals surface area (Å²) < 4.78 is 38.7. The Morgan fingerprint density at radius 3 is 2.62 bits per heavy atom. The number of hydrogen-bond donors (Lipinski definition) is 1. The van der Waals surface area contributed by atoms with Gasteiger partial charge < -0.3 is 9.47 Å². The maximum atomic E-state index is 12.3. The molecule has 2 saturated heterocycles. The molecule has 0 radical (unpaired) electrons. The molecular formula is C15H25NO4S. The van der Waals surface area contributed by atoms with Crippen molar-refractivity contribution in [1.82, 2.24) is 4.72 Å². The normalized spacial score (nSPS) is 38.2. The summed E-state index contributed by atoms with van der Waals surface area (Å²) in [5, 5.41) is 0. The van der Waals surface area contributed by atoms with E-state index >= 15 is 0 Å². The van der Waals surface area contributed by atoms with E-state index in [1.165, 1.54) is 32.1 Å². The van der Waals surface area contributed by atoms with E-state index in [1.54, 1.807) is 0 Å². The molecule has 6 heteroatoms. The Labute approximate surface area is 126 Å². The molecule has 2 aliphatic carbocycles. The molecule has 2 saturated carbocycles. The molecule has 0 aromatic carbocycles. The molecule has 0 aromatic rings. The van der Waals surface area contributed by atoms with Gasteiger partial charge in [0.1, 0.15) is 0 Å². The Kier molecular flexibility index (Phi) is 3.56. The van der Waals surface area contributed by atoms with Crippen molar-refractivity contribution in [1.29, 1.82) is 0 Å². The second-order valence-corrected chi connectivity index (χ2v) is 9.27. The van der Waals surface area contributed by atoms with Crippen molar-refractivity contribution in [3.63, 3.8) is 0 Å². The van der Waals surface area contributed by atoms with Crippen molar-refractivity contribution in [2.75, 3.05) is 25.5 Å². The average Bonchev–Trinajstić information content (AvgIpc) is 2.99. The fraction of sp³-hybridized carbons (Fsp3) is 1.00. The Balaban J connectivity index is 1.30. The molecule has 2 aliphatic heterocycles. The average molecular weight is 315 g/mol. The Morgan fingerprint density at radius 2 is 2.00 bits per heavy atom. The van der Waals surface area contributed by atoms with Gasteiger partial charge in [0.15, 0.2) is 0 Å². The van der Waals surface area contributed by atoms with Crippen LogP contribution in [0.5, 0.6) is 0 Å². The maximum absolute atomic E-state index is 12.3. The quantitative estimate of drug-likeness (QED) is 0.802. The fourth-order valence-electron chi connectivity index (χ4n) is 4.31. The highest BCUT2D eigenvalue weighted by molar-refractivity contribution is 7.89. The molecule has 1 N–H and O–H groups in total. The van der Waals surface area contributed by atoms with Crippen molar-refractivity contribution in [3.8, 4) is 0 Å². The van der Waals surface area contributed by atoms with Gasteiger partial charge in [0, 0.05) is 12.5 Å². The molecule has 4 fully saturated rings. The van der Waals surface area contributed by atoms with Gasteiger partial charge >= 0.3 is 0 Å². The summed E-state index contributed by atoms with van der Waals surface area (Å²) in [7, 11) is -3.23. The van der Waals surface area contributed by atoms with Gasteiger partial charge in [-0.15, -0.1) is 0 Å². The summed E-state index contributed by atoms with van der Waals surface area (Å²) in [6, 6.07) is 0. The minimum absolute atomic E-state index is 0.112. The second kappa shape index (κ2) is 5.18. The van der Waals surface area contributed by atoms with Crippen molar-refractivity contribution in [2.45, 2.75) is 50.7 Å². The lowest BCUT2D eigenvalue weighted by atomic mass is 9.65. The molecule has 0 bridgehead atoms. The Bertz CT molecular complexity index is 486. The molecule has 1 unspecified atom stereocenters. The molecule has 2 heterocycles. The minimum Gasteiger partial charge on any atom is -0.378 e. The van der Waals surface area contributed by atoms with E-state index in [0.29, 0.717) is 19.1 Å². The van der Waals surface area contributed by atoms with Crippen LogP contribution >= 0.6 is 0 Å². The summed E-state index contributed by atoms with van der Waals surface area (Å²) in [5.74, 6) is 1.28. The van der Waals surface area contributed by atoms with Gasteiger partial charge in [-0.25, -0.2) is 13.1 Å². The lowest BCUT2D eigenvalue weighted by Crippen LogP contribution is -2.45. The summed E-state index contributed by atoms with van der Waals surface area (Å²) in [5.41, 5.74) is 0.286. The van der Waals surface area contributed by atoms with Crippen LogP contribution in [0, 0.1) is 17.3 Å². The summed E-state index contributed by atoms with van der Waals surface area (Å²) >= 11 is 0. The summed E-state index contributed by atoms with van der Waals surface area (Å²) in [6.07, 6.45) is 7.01. The van der Waals surface area contributed by atoms with Crippen LogP contribution in [0.3, 0.4) is 0 Å². The molecule has 120 valence electrons. The van der Waals surface area contributed by atoms with Crippen LogP contribution < -0.4 is 4.72 Å². The maximum Gasteiger partial charge on any atom is 0.214 e. The molecule has 3 atom stereocenters. The van der Waals surface area contributed by atoms with Gasteiger partial charge in [-0.1, -0.05) is 6.42 Å². The van der Waals surface area contributed by atoms with Gasteiger partial charge in [-0.3, -0.25) is 0 Å². The second-order valence-electron chi connectivity index (χ2n) is 7.42. The van der Waals surface area contributed by atoms with Gasteiger partial charge in [-0.05, 0) is 43.4 Å². The van der Waals surface area contributed by atoms with Crippen molar-refractivity contribution in [3.05, 3.63) is 0 Å². The van der Waals surface area contributed by atoms with E-state index in [2.05, 4.69) is 4.72 Å². The zero-order valence-corrected chi connectivity index (χ0v) is 13.2. The topological polar surface area (TPSA) is 64.6 Å². The zero-order valence-electron chi connectivity index (χ0n) is 12.4. The lowest BCUT2D eigenvalue weighted by Gasteiger charge is -2.42. The number of fused-ring (bicyclic) bond motifs is 1. The van der Waals surface area contributed by atoms with Gasteiger partial charge in [-0.2, -0.15) is 0 Å². The third-order valence-corrected chi connectivity index (χ3v) is 7.31. The van der Waals surface area contributed by atoms with Crippen LogP contribution in [0.4, 0.5) is 0 Å². The number of rotatable bonds is 6. The predicted molar refractivity (Wildman–Crippen MR) is 78.4 cm³/mol. The number of ether oxygens (including phenoxy) is 2. The third kappa shape index (κ3) is 2.87. The molecule has 0 amide bonds. The first-order chi connectivity index (χ1) is 10.1. The number of nitrogens with one attached hydrogen (secondary N) is 1. The Hall–Kier alpha value is -0.170. The van der Waals surface area contributed by atoms with E-state index in [-0.39, 0.29) is 23.4 Å². The monoisotopic (exact) mass is 315 g/mol. The van der Waals surface area contributed by atoms with Crippen LogP contribution in [-0.2, 0) is 19.5 Å². The van der Waals surface area contributed by atoms with Crippen LogP contribution in [0.15, 0.2) is 0 Å². The number of hydrogen-bond acceptors (Lipinski definition) is 4. The van der Waals surface area contributed by atoms with Crippen molar-refractivity contribution in [2.24, 2.45) is 17.3 Å². The molecule has 4 rings (SSSR count). The SMILES string of the molecule is O=S(=O)(CC1C[C@@H]2COC[C@@H]2O1)NCC1(C2CC2)CCC1. The largest absolute Gasteiger partial charge is 0.378 e. The highest BCUT2D eigenvalue weighted by Gasteiger charge is 2.49. The smallest absolute Gasteiger partial charge is 0.214 e. The summed E-state index contributed by atoms with van der Waals surface area (Å²) in [6.45, 7) is 1.99. The Morgan fingerprint density at radius 1 is 1.19 bits per heavy atom.